The standard InChI is InChI=1S/C13H16ClN3S/c1-8-9(2)18-13(16-8)7-12(17-15)10-5-3-4-6-11(10)14/h3-6,12,17H,7,15H2,1-2H3. The van der Waals surface area contributed by atoms with E-state index in [1.165, 1.54) is 4.88 Å². The Balaban J connectivity index is 2.22. The zero-order valence-corrected chi connectivity index (χ0v) is 12.0. The Kier molecular flexibility index (Phi) is 4.35. The van der Waals surface area contributed by atoms with Gasteiger partial charge in [-0.05, 0) is 25.5 Å². The molecule has 1 heterocycles. The number of hydrogen-bond donors (Lipinski definition) is 2. The minimum Gasteiger partial charge on any atom is -0.271 e. The van der Waals surface area contributed by atoms with E-state index in [9.17, 15) is 0 Å². The number of aromatic nitrogens is 1. The number of hydrazine groups is 1. The number of thiazole rings is 1. The maximum atomic E-state index is 6.19. The van der Waals surface area contributed by atoms with Crippen molar-refractivity contribution in [1.29, 1.82) is 0 Å². The van der Waals surface area contributed by atoms with Crippen LogP contribution in [-0.2, 0) is 6.42 Å². The lowest BCUT2D eigenvalue weighted by atomic mass is 10.0. The van der Waals surface area contributed by atoms with Crippen molar-refractivity contribution in [2.24, 2.45) is 5.84 Å². The first-order valence-corrected chi connectivity index (χ1v) is 6.94. The largest absolute Gasteiger partial charge is 0.271 e. The minimum atomic E-state index is -0.0105. The van der Waals surface area contributed by atoms with Crippen LogP contribution in [0.1, 0.15) is 27.2 Å². The maximum absolute atomic E-state index is 6.19. The molecule has 0 fully saturated rings. The Labute approximate surface area is 116 Å². The van der Waals surface area contributed by atoms with E-state index in [2.05, 4.69) is 17.3 Å². The zero-order chi connectivity index (χ0) is 13.1. The van der Waals surface area contributed by atoms with Crippen molar-refractivity contribution in [2.75, 3.05) is 0 Å². The van der Waals surface area contributed by atoms with Gasteiger partial charge in [-0.2, -0.15) is 0 Å². The quantitative estimate of drug-likeness (QED) is 0.669. The summed E-state index contributed by atoms with van der Waals surface area (Å²) in [5.74, 6) is 5.63. The third kappa shape index (κ3) is 2.90. The molecule has 1 unspecified atom stereocenters. The Morgan fingerprint density at radius 1 is 1.39 bits per heavy atom. The Hall–Kier alpha value is -0.940. The number of rotatable bonds is 4. The van der Waals surface area contributed by atoms with Gasteiger partial charge in [0.15, 0.2) is 0 Å². The number of aryl methyl sites for hydroxylation is 2. The fourth-order valence-corrected chi connectivity index (χ4v) is 3.06. The third-order valence-corrected chi connectivity index (χ3v) is 4.37. The van der Waals surface area contributed by atoms with E-state index >= 15 is 0 Å². The number of halogens is 1. The number of nitrogens with zero attached hydrogens (tertiary/aromatic N) is 1. The molecular formula is C13H16ClN3S. The lowest BCUT2D eigenvalue weighted by Crippen LogP contribution is -2.29. The highest BCUT2D eigenvalue weighted by Gasteiger charge is 2.16. The van der Waals surface area contributed by atoms with Gasteiger partial charge in [-0.3, -0.25) is 11.3 Å². The van der Waals surface area contributed by atoms with E-state index in [1.807, 2.05) is 31.2 Å². The molecule has 0 aliphatic heterocycles. The molecule has 0 saturated carbocycles. The summed E-state index contributed by atoms with van der Waals surface area (Å²) in [4.78, 5) is 5.78. The maximum Gasteiger partial charge on any atom is 0.0950 e. The minimum absolute atomic E-state index is 0.0105. The van der Waals surface area contributed by atoms with Gasteiger partial charge in [0.2, 0.25) is 0 Å². The van der Waals surface area contributed by atoms with E-state index in [0.717, 1.165) is 27.7 Å². The van der Waals surface area contributed by atoms with Gasteiger partial charge in [0, 0.05) is 16.3 Å². The predicted octanol–water partition coefficient (Wildman–Crippen LogP) is 3.16. The lowest BCUT2D eigenvalue weighted by Gasteiger charge is -2.16. The molecule has 1 aromatic carbocycles. The number of hydrogen-bond acceptors (Lipinski definition) is 4. The molecule has 0 saturated heterocycles. The highest BCUT2D eigenvalue weighted by atomic mass is 35.5. The van der Waals surface area contributed by atoms with Crippen molar-refractivity contribution in [2.45, 2.75) is 26.3 Å². The molecule has 0 amide bonds. The molecule has 0 spiro atoms. The molecule has 18 heavy (non-hydrogen) atoms. The molecular weight excluding hydrogens is 266 g/mol. The van der Waals surface area contributed by atoms with Gasteiger partial charge in [0.05, 0.1) is 16.7 Å². The van der Waals surface area contributed by atoms with Gasteiger partial charge in [-0.1, -0.05) is 29.8 Å². The lowest BCUT2D eigenvalue weighted by molar-refractivity contribution is 0.550. The van der Waals surface area contributed by atoms with Gasteiger partial charge in [0.1, 0.15) is 0 Å². The summed E-state index contributed by atoms with van der Waals surface area (Å²) in [6.07, 6.45) is 0.750. The summed E-state index contributed by atoms with van der Waals surface area (Å²) in [5.41, 5.74) is 4.91. The fourth-order valence-electron chi connectivity index (χ4n) is 1.82. The average molecular weight is 282 g/mol. The van der Waals surface area contributed by atoms with Crippen LogP contribution in [0.2, 0.25) is 5.02 Å². The molecule has 1 atom stereocenters. The van der Waals surface area contributed by atoms with Crippen LogP contribution in [-0.4, -0.2) is 4.98 Å². The number of nitrogens with one attached hydrogen (secondary N) is 1. The van der Waals surface area contributed by atoms with E-state index < -0.39 is 0 Å². The summed E-state index contributed by atoms with van der Waals surface area (Å²) < 4.78 is 0. The Bertz CT molecular complexity index is 519. The monoisotopic (exact) mass is 281 g/mol. The topological polar surface area (TPSA) is 50.9 Å². The summed E-state index contributed by atoms with van der Waals surface area (Å²) in [6, 6.07) is 7.73. The Morgan fingerprint density at radius 2 is 2.11 bits per heavy atom. The van der Waals surface area contributed by atoms with E-state index in [0.29, 0.717) is 0 Å². The van der Waals surface area contributed by atoms with Crippen LogP contribution in [0.3, 0.4) is 0 Å². The van der Waals surface area contributed by atoms with Crippen molar-refractivity contribution < 1.29 is 0 Å². The van der Waals surface area contributed by atoms with E-state index in [1.54, 1.807) is 11.3 Å². The first-order chi connectivity index (χ1) is 8.61. The first kappa shape index (κ1) is 13.5. The summed E-state index contributed by atoms with van der Waals surface area (Å²) in [5, 5.41) is 1.80. The SMILES string of the molecule is Cc1nc(CC(NN)c2ccccc2Cl)sc1C. The average Bonchev–Trinajstić information content (AvgIpc) is 2.66. The van der Waals surface area contributed by atoms with Crippen LogP contribution in [0.25, 0.3) is 0 Å². The molecule has 3 nitrogen and oxygen atoms in total. The zero-order valence-electron chi connectivity index (χ0n) is 10.4. The Morgan fingerprint density at radius 3 is 2.67 bits per heavy atom. The predicted molar refractivity (Wildman–Crippen MR) is 76.8 cm³/mol. The van der Waals surface area contributed by atoms with Crippen molar-refractivity contribution in [3.63, 3.8) is 0 Å². The molecule has 1 aromatic heterocycles. The van der Waals surface area contributed by atoms with Crippen molar-refractivity contribution in [3.8, 4) is 0 Å². The molecule has 0 aliphatic carbocycles. The molecule has 5 heteroatoms. The second kappa shape index (κ2) is 5.80. The highest BCUT2D eigenvalue weighted by molar-refractivity contribution is 7.11. The van der Waals surface area contributed by atoms with Crippen LogP contribution in [0.5, 0.6) is 0 Å². The summed E-state index contributed by atoms with van der Waals surface area (Å²) in [6.45, 7) is 4.10. The molecule has 3 N–H and O–H groups in total. The van der Waals surface area contributed by atoms with Crippen molar-refractivity contribution in [1.82, 2.24) is 10.4 Å². The van der Waals surface area contributed by atoms with E-state index in [4.69, 9.17) is 17.4 Å². The second-order valence-electron chi connectivity index (χ2n) is 4.19. The van der Waals surface area contributed by atoms with Crippen molar-refractivity contribution in [3.05, 3.63) is 50.4 Å². The molecule has 0 radical (unpaired) electrons. The van der Waals surface area contributed by atoms with Gasteiger partial charge < -0.3 is 0 Å². The van der Waals surface area contributed by atoms with Gasteiger partial charge in [-0.25, -0.2) is 4.98 Å². The third-order valence-electron chi connectivity index (χ3n) is 2.93. The molecule has 0 bridgehead atoms. The normalized spacial score (nSPS) is 12.7. The van der Waals surface area contributed by atoms with Crippen LogP contribution >= 0.6 is 22.9 Å². The molecule has 96 valence electrons. The van der Waals surface area contributed by atoms with Gasteiger partial charge >= 0.3 is 0 Å². The van der Waals surface area contributed by atoms with Gasteiger partial charge in [-0.15, -0.1) is 11.3 Å². The van der Waals surface area contributed by atoms with Crippen LogP contribution in [0, 0.1) is 13.8 Å². The van der Waals surface area contributed by atoms with Gasteiger partial charge in [0.25, 0.3) is 0 Å². The second-order valence-corrected chi connectivity index (χ2v) is 5.89. The summed E-state index contributed by atoms with van der Waals surface area (Å²) >= 11 is 7.90. The van der Waals surface area contributed by atoms with Crippen molar-refractivity contribution >= 4 is 22.9 Å². The van der Waals surface area contributed by atoms with Crippen LogP contribution in [0.15, 0.2) is 24.3 Å². The molecule has 0 aliphatic rings. The van der Waals surface area contributed by atoms with Crippen LogP contribution in [0.4, 0.5) is 0 Å². The first-order valence-electron chi connectivity index (χ1n) is 5.75. The van der Waals surface area contributed by atoms with Crippen LogP contribution < -0.4 is 11.3 Å². The summed E-state index contributed by atoms with van der Waals surface area (Å²) in [7, 11) is 0. The number of nitrogens with two attached hydrogens (primary N) is 1. The van der Waals surface area contributed by atoms with E-state index in [-0.39, 0.29) is 6.04 Å². The highest BCUT2D eigenvalue weighted by Crippen LogP contribution is 2.27. The molecule has 2 rings (SSSR count). The molecule has 2 aromatic rings. The smallest absolute Gasteiger partial charge is 0.0950 e. The fraction of sp³-hybridized carbons (Fsp3) is 0.308. The number of benzene rings is 1.